The van der Waals surface area contributed by atoms with Gasteiger partial charge in [0.1, 0.15) is 0 Å². The van der Waals surface area contributed by atoms with Crippen LogP contribution in [0, 0.1) is 0 Å². The second-order valence-corrected chi connectivity index (χ2v) is 6.23. The van der Waals surface area contributed by atoms with Crippen molar-refractivity contribution in [1.29, 1.82) is 0 Å². The number of hydrogen-bond donors (Lipinski definition) is 0. The molecule has 0 saturated carbocycles. The standard InChI is InChI=1S/C19H14ClN5O3/c20-15-8-6-14(7-9-15)19-22-24-25(23-19)11-18(26)27-12-17-21-10-16(28-17)13-4-2-1-3-5-13/h1-10H,11-12H2. The molecule has 0 atom stereocenters. The number of tetrazole rings is 1. The molecule has 2 heterocycles. The Labute approximate surface area is 164 Å². The highest BCUT2D eigenvalue weighted by molar-refractivity contribution is 6.30. The first kappa shape index (κ1) is 17.9. The maximum atomic E-state index is 12.0. The molecule has 4 aromatic rings. The van der Waals surface area contributed by atoms with Crippen molar-refractivity contribution >= 4 is 17.6 Å². The van der Waals surface area contributed by atoms with Crippen molar-refractivity contribution in [3.8, 4) is 22.7 Å². The number of ether oxygens (including phenoxy) is 1. The molecular formula is C19H14ClN5O3. The summed E-state index contributed by atoms with van der Waals surface area (Å²) in [4.78, 5) is 17.3. The summed E-state index contributed by atoms with van der Waals surface area (Å²) in [5.41, 5.74) is 1.64. The number of esters is 1. The molecule has 0 aliphatic heterocycles. The molecule has 0 aliphatic rings. The van der Waals surface area contributed by atoms with E-state index in [-0.39, 0.29) is 13.2 Å². The number of halogens is 1. The van der Waals surface area contributed by atoms with Crippen molar-refractivity contribution in [2.24, 2.45) is 0 Å². The van der Waals surface area contributed by atoms with Gasteiger partial charge in [-0.05, 0) is 29.5 Å². The molecule has 0 N–H and O–H groups in total. The van der Waals surface area contributed by atoms with E-state index in [4.69, 9.17) is 20.8 Å². The lowest BCUT2D eigenvalue weighted by molar-refractivity contribution is -0.146. The van der Waals surface area contributed by atoms with E-state index in [0.29, 0.717) is 22.5 Å². The van der Waals surface area contributed by atoms with Gasteiger partial charge in [-0.2, -0.15) is 4.80 Å². The molecule has 0 bridgehead atoms. The van der Waals surface area contributed by atoms with Gasteiger partial charge >= 0.3 is 5.97 Å². The molecule has 2 aromatic carbocycles. The average molecular weight is 396 g/mol. The van der Waals surface area contributed by atoms with E-state index in [1.165, 1.54) is 0 Å². The number of benzene rings is 2. The topological polar surface area (TPSA) is 95.9 Å². The van der Waals surface area contributed by atoms with Crippen molar-refractivity contribution in [3.63, 3.8) is 0 Å². The Bertz CT molecular complexity index is 1080. The van der Waals surface area contributed by atoms with Crippen molar-refractivity contribution in [2.45, 2.75) is 13.2 Å². The highest BCUT2D eigenvalue weighted by Crippen LogP contribution is 2.20. The Morgan fingerprint density at radius 2 is 1.86 bits per heavy atom. The Morgan fingerprint density at radius 1 is 1.07 bits per heavy atom. The smallest absolute Gasteiger partial charge is 0.330 e. The third kappa shape index (κ3) is 4.24. The number of carbonyl (C=O) groups is 1. The number of aromatic nitrogens is 5. The summed E-state index contributed by atoms with van der Waals surface area (Å²) in [6.45, 7) is -0.253. The second-order valence-electron chi connectivity index (χ2n) is 5.80. The minimum absolute atomic E-state index is 0.0790. The van der Waals surface area contributed by atoms with E-state index in [2.05, 4.69) is 20.4 Å². The van der Waals surface area contributed by atoms with E-state index in [0.717, 1.165) is 15.9 Å². The van der Waals surface area contributed by atoms with Crippen molar-refractivity contribution < 1.29 is 13.9 Å². The normalized spacial score (nSPS) is 10.8. The fourth-order valence-electron chi connectivity index (χ4n) is 2.44. The number of rotatable bonds is 6. The van der Waals surface area contributed by atoms with Gasteiger partial charge in [-0.1, -0.05) is 41.9 Å². The van der Waals surface area contributed by atoms with E-state index in [1.54, 1.807) is 30.5 Å². The minimum Gasteiger partial charge on any atom is -0.454 e. The van der Waals surface area contributed by atoms with Crippen molar-refractivity contribution in [2.75, 3.05) is 0 Å². The monoisotopic (exact) mass is 395 g/mol. The molecule has 0 radical (unpaired) electrons. The Morgan fingerprint density at radius 3 is 2.64 bits per heavy atom. The predicted molar refractivity (Wildman–Crippen MR) is 100.0 cm³/mol. The molecule has 0 saturated heterocycles. The summed E-state index contributed by atoms with van der Waals surface area (Å²) >= 11 is 5.86. The zero-order valence-electron chi connectivity index (χ0n) is 14.5. The molecule has 9 heteroatoms. The first-order valence-corrected chi connectivity index (χ1v) is 8.75. The number of carbonyl (C=O) groups excluding carboxylic acids is 1. The van der Waals surface area contributed by atoms with Gasteiger partial charge in [0.05, 0.1) is 6.20 Å². The van der Waals surface area contributed by atoms with Crippen molar-refractivity contribution in [3.05, 3.63) is 71.7 Å². The third-order valence-electron chi connectivity index (χ3n) is 3.79. The molecular weight excluding hydrogens is 382 g/mol. The summed E-state index contributed by atoms with van der Waals surface area (Å²) in [5.74, 6) is 0.780. The fraction of sp³-hybridized carbons (Fsp3) is 0.105. The van der Waals surface area contributed by atoms with Crippen LogP contribution in [0.5, 0.6) is 0 Å². The van der Waals surface area contributed by atoms with Crippen LogP contribution in [-0.2, 0) is 22.7 Å². The summed E-state index contributed by atoms with van der Waals surface area (Å²) < 4.78 is 10.8. The Balaban J connectivity index is 1.33. The number of oxazole rings is 1. The SMILES string of the molecule is O=C(Cn1nnc(-c2ccc(Cl)cc2)n1)OCc1ncc(-c2ccccc2)o1. The Kier molecular flexibility index (Phi) is 5.11. The number of nitrogens with zero attached hydrogens (tertiary/aromatic N) is 5. The summed E-state index contributed by atoms with van der Waals surface area (Å²) in [7, 11) is 0. The average Bonchev–Trinajstić information content (AvgIpc) is 3.37. The summed E-state index contributed by atoms with van der Waals surface area (Å²) in [6, 6.07) is 16.5. The molecule has 0 unspecified atom stereocenters. The summed E-state index contributed by atoms with van der Waals surface area (Å²) in [6.07, 6.45) is 1.59. The molecule has 4 rings (SSSR count). The van der Waals surface area contributed by atoms with Crippen LogP contribution in [0.3, 0.4) is 0 Å². The van der Waals surface area contributed by atoms with Gasteiger partial charge in [0.15, 0.2) is 18.9 Å². The van der Waals surface area contributed by atoms with Crippen LogP contribution in [0.25, 0.3) is 22.7 Å². The Hall–Kier alpha value is -3.52. The van der Waals surface area contributed by atoms with Gasteiger partial charge in [-0.25, -0.2) is 9.78 Å². The molecule has 0 fully saturated rings. The maximum Gasteiger partial charge on any atom is 0.330 e. The highest BCUT2D eigenvalue weighted by atomic mass is 35.5. The van der Waals surface area contributed by atoms with Crippen LogP contribution in [-0.4, -0.2) is 31.2 Å². The van der Waals surface area contributed by atoms with Crippen LogP contribution in [0.15, 0.2) is 65.2 Å². The lowest BCUT2D eigenvalue weighted by Crippen LogP contribution is -2.15. The predicted octanol–water partition coefficient (Wildman–Crippen LogP) is 3.39. The van der Waals surface area contributed by atoms with Gasteiger partial charge in [-0.15, -0.1) is 10.2 Å². The molecule has 0 aliphatic carbocycles. The van der Waals surface area contributed by atoms with Crippen LogP contribution in [0.4, 0.5) is 0 Å². The lowest BCUT2D eigenvalue weighted by Gasteiger charge is -2.01. The largest absolute Gasteiger partial charge is 0.454 e. The van der Waals surface area contributed by atoms with Gasteiger partial charge < -0.3 is 9.15 Å². The second kappa shape index (κ2) is 8.01. The van der Waals surface area contributed by atoms with Gasteiger partial charge in [-0.3, -0.25) is 0 Å². The van der Waals surface area contributed by atoms with E-state index in [1.807, 2.05) is 30.3 Å². The van der Waals surface area contributed by atoms with E-state index in [9.17, 15) is 4.79 Å². The molecule has 0 amide bonds. The zero-order chi connectivity index (χ0) is 19.3. The molecule has 0 spiro atoms. The van der Waals surface area contributed by atoms with E-state index < -0.39 is 5.97 Å². The van der Waals surface area contributed by atoms with Crippen LogP contribution >= 0.6 is 11.6 Å². The fourth-order valence-corrected chi connectivity index (χ4v) is 2.57. The minimum atomic E-state index is -0.528. The van der Waals surface area contributed by atoms with Crippen molar-refractivity contribution in [1.82, 2.24) is 25.2 Å². The van der Waals surface area contributed by atoms with Crippen LogP contribution in [0.2, 0.25) is 5.02 Å². The quantitative estimate of drug-likeness (QED) is 0.461. The zero-order valence-corrected chi connectivity index (χ0v) is 15.3. The van der Waals surface area contributed by atoms with Crippen LogP contribution in [0.1, 0.15) is 5.89 Å². The van der Waals surface area contributed by atoms with Gasteiger partial charge in [0.2, 0.25) is 11.7 Å². The molecule has 2 aromatic heterocycles. The first-order valence-electron chi connectivity index (χ1n) is 8.37. The number of hydrogen-bond acceptors (Lipinski definition) is 7. The highest BCUT2D eigenvalue weighted by Gasteiger charge is 2.12. The summed E-state index contributed by atoms with van der Waals surface area (Å²) in [5, 5.41) is 12.6. The van der Waals surface area contributed by atoms with Gasteiger partial charge in [0.25, 0.3) is 0 Å². The van der Waals surface area contributed by atoms with Gasteiger partial charge in [0, 0.05) is 16.1 Å². The molecule has 140 valence electrons. The van der Waals surface area contributed by atoms with Crippen LogP contribution < -0.4 is 0 Å². The third-order valence-corrected chi connectivity index (χ3v) is 4.05. The van der Waals surface area contributed by atoms with E-state index >= 15 is 0 Å². The lowest BCUT2D eigenvalue weighted by atomic mass is 10.2. The molecule has 28 heavy (non-hydrogen) atoms. The first-order chi connectivity index (χ1) is 13.7. The molecule has 8 nitrogen and oxygen atoms in total. The maximum absolute atomic E-state index is 12.0.